The molecule has 1 aliphatic rings. The zero-order valence-corrected chi connectivity index (χ0v) is 16.3. The highest BCUT2D eigenvalue weighted by Gasteiger charge is 2.38. The summed E-state index contributed by atoms with van der Waals surface area (Å²) in [7, 11) is 0. The van der Waals surface area contributed by atoms with Crippen molar-refractivity contribution in [2.75, 3.05) is 19.8 Å². The van der Waals surface area contributed by atoms with Gasteiger partial charge in [-0.3, -0.25) is 14.5 Å². The molecular weight excluding hydrogens is 377 g/mol. The van der Waals surface area contributed by atoms with Crippen molar-refractivity contribution >= 4 is 17.4 Å². The minimum Gasteiger partial charge on any atom is -0.502 e. The summed E-state index contributed by atoms with van der Waals surface area (Å²) in [6.45, 7) is 4.83. The third-order valence-electron chi connectivity index (χ3n) is 4.51. The number of rotatable bonds is 8. The molecule has 1 heterocycles. The zero-order valence-electron chi connectivity index (χ0n) is 16.3. The van der Waals surface area contributed by atoms with Gasteiger partial charge in [0.25, 0.3) is 11.8 Å². The summed E-state index contributed by atoms with van der Waals surface area (Å²) in [6, 6.07) is 10.5. The Morgan fingerprint density at radius 3 is 2.24 bits per heavy atom. The van der Waals surface area contributed by atoms with Gasteiger partial charge in [0, 0.05) is 6.54 Å². The van der Waals surface area contributed by atoms with Crippen LogP contribution in [0.4, 0.5) is 4.39 Å². The molecule has 1 N–H and O–H groups in total. The summed E-state index contributed by atoms with van der Waals surface area (Å²) >= 11 is 0. The molecule has 29 heavy (non-hydrogen) atoms. The van der Waals surface area contributed by atoms with Crippen LogP contribution in [0.15, 0.2) is 48.2 Å². The molecule has 7 heteroatoms. The molecule has 0 bridgehead atoms. The molecule has 0 spiro atoms. The number of halogens is 1. The van der Waals surface area contributed by atoms with Crippen molar-refractivity contribution in [3.8, 4) is 11.5 Å². The summed E-state index contributed by atoms with van der Waals surface area (Å²) in [5.74, 6) is -1.23. The molecule has 6 nitrogen and oxygen atoms in total. The van der Waals surface area contributed by atoms with Crippen molar-refractivity contribution in [1.82, 2.24) is 4.90 Å². The number of nitrogens with zero attached hydrogens (tertiary/aromatic N) is 1. The molecule has 0 aromatic heterocycles. The Bertz CT molecular complexity index is 952. The van der Waals surface area contributed by atoms with Crippen molar-refractivity contribution in [1.29, 1.82) is 0 Å². The van der Waals surface area contributed by atoms with Crippen molar-refractivity contribution < 1.29 is 28.6 Å². The highest BCUT2D eigenvalue weighted by molar-refractivity contribution is 6.34. The van der Waals surface area contributed by atoms with Gasteiger partial charge in [0.05, 0.1) is 18.8 Å². The van der Waals surface area contributed by atoms with Crippen molar-refractivity contribution in [3.63, 3.8) is 0 Å². The van der Waals surface area contributed by atoms with Gasteiger partial charge in [-0.25, -0.2) is 4.39 Å². The number of aliphatic hydroxyl groups excluding tert-OH is 1. The van der Waals surface area contributed by atoms with Crippen LogP contribution in [0.25, 0.3) is 5.57 Å². The summed E-state index contributed by atoms with van der Waals surface area (Å²) < 4.78 is 24.3. The van der Waals surface area contributed by atoms with Gasteiger partial charge in [-0.05, 0) is 55.7 Å². The number of imide groups is 1. The molecule has 2 aromatic carbocycles. The third kappa shape index (κ3) is 4.23. The predicted molar refractivity (Wildman–Crippen MR) is 105 cm³/mol. The molecule has 152 valence electrons. The Balaban J connectivity index is 1.75. The third-order valence-corrected chi connectivity index (χ3v) is 4.51. The molecule has 0 saturated carbocycles. The monoisotopic (exact) mass is 399 g/mol. The number of amides is 2. The second-order valence-corrected chi connectivity index (χ2v) is 6.39. The fourth-order valence-electron chi connectivity index (χ4n) is 3.14. The Morgan fingerprint density at radius 2 is 1.59 bits per heavy atom. The maximum Gasteiger partial charge on any atom is 0.296 e. The molecule has 0 aliphatic carbocycles. The van der Waals surface area contributed by atoms with E-state index in [0.717, 1.165) is 10.5 Å². The first-order chi connectivity index (χ1) is 14.0. The Hall–Kier alpha value is -3.35. The normalized spacial score (nSPS) is 14.0. The van der Waals surface area contributed by atoms with Gasteiger partial charge in [-0.15, -0.1) is 0 Å². The predicted octanol–water partition coefficient (Wildman–Crippen LogP) is 3.50. The van der Waals surface area contributed by atoms with E-state index in [0.29, 0.717) is 36.7 Å². The van der Waals surface area contributed by atoms with E-state index in [4.69, 9.17) is 9.47 Å². The van der Waals surface area contributed by atoms with E-state index in [1.807, 2.05) is 26.0 Å². The molecular formula is C22H22FNO5. The summed E-state index contributed by atoms with van der Waals surface area (Å²) in [4.78, 5) is 26.1. The number of benzene rings is 2. The lowest BCUT2D eigenvalue weighted by Crippen LogP contribution is -2.33. The summed E-state index contributed by atoms with van der Waals surface area (Å²) in [5.41, 5.74) is 1.04. The van der Waals surface area contributed by atoms with E-state index in [1.165, 1.54) is 24.3 Å². The van der Waals surface area contributed by atoms with Crippen LogP contribution < -0.4 is 9.47 Å². The SMILES string of the molecule is CCOc1ccc(CCN2C(=O)C(O)=C(c3ccc(F)cc3)C2=O)cc1OCC. The first-order valence-electron chi connectivity index (χ1n) is 9.40. The summed E-state index contributed by atoms with van der Waals surface area (Å²) in [5, 5.41) is 10.2. The molecule has 0 fully saturated rings. The van der Waals surface area contributed by atoms with Crippen LogP contribution in [0.3, 0.4) is 0 Å². The van der Waals surface area contributed by atoms with E-state index < -0.39 is 23.4 Å². The van der Waals surface area contributed by atoms with E-state index in [-0.39, 0.29) is 12.1 Å². The minimum absolute atomic E-state index is 0.0893. The van der Waals surface area contributed by atoms with Crippen LogP contribution in [0.2, 0.25) is 0 Å². The van der Waals surface area contributed by atoms with Gasteiger partial charge in [-0.2, -0.15) is 0 Å². The fraction of sp³-hybridized carbons (Fsp3) is 0.273. The highest BCUT2D eigenvalue weighted by atomic mass is 19.1. The number of ether oxygens (including phenoxy) is 2. The number of carbonyl (C=O) groups excluding carboxylic acids is 2. The molecule has 0 unspecified atom stereocenters. The second kappa shape index (κ2) is 8.77. The molecule has 0 saturated heterocycles. The van der Waals surface area contributed by atoms with Gasteiger partial charge in [0.1, 0.15) is 5.82 Å². The van der Waals surface area contributed by atoms with Crippen LogP contribution in [0.5, 0.6) is 11.5 Å². The van der Waals surface area contributed by atoms with E-state index in [1.54, 1.807) is 6.07 Å². The van der Waals surface area contributed by atoms with Crippen molar-refractivity contribution in [2.45, 2.75) is 20.3 Å². The topological polar surface area (TPSA) is 76.1 Å². The second-order valence-electron chi connectivity index (χ2n) is 6.39. The van der Waals surface area contributed by atoms with Gasteiger partial charge >= 0.3 is 0 Å². The molecule has 0 atom stereocenters. The molecule has 0 radical (unpaired) electrons. The first kappa shape index (κ1) is 20.4. The molecule has 2 aromatic rings. The Morgan fingerprint density at radius 1 is 0.931 bits per heavy atom. The smallest absolute Gasteiger partial charge is 0.296 e. The van der Waals surface area contributed by atoms with Crippen LogP contribution >= 0.6 is 0 Å². The molecule has 1 aliphatic heterocycles. The first-order valence-corrected chi connectivity index (χ1v) is 9.40. The lowest BCUT2D eigenvalue weighted by molar-refractivity contribution is -0.138. The maximum atomic E-state index is 13.1. The average Bonchev–Trinajstić information content (AvgIpc) is 2.92. The number of hydrogen-bond acceptors (Lipinski definition) is 5. The standard InChI is InChI=1S/C22H22FNO5/c1-3-28-17-10-5-14(13-18(17)29-4-2)11-12-24-21(26)19(20(25)22(24)27)15-6-8-16(23)9-7-15/h5-10,13,25H,3-4,11-12H2,1-2H3. The van der Waals surface area contributed by atoms with Crippen LogP contribution in [-0.2, 0) is 16.0 Å². The number of carbonyl (C=O) groups is 2. The lowest BCUT2D eigenvalue weighted by Gasteiger charge is -2.16. The Labute approximate surface area is 168 Å². The van der Waals surface area contributed by atoms with Gasteiger partial charge in [0.2, 0.25) is 0 Å². The van der Waals surface area contributed by atoms with Crippen molar-refractivity contribution in [3.05, 3.63) is 65.2 Å². The average molecular weight is 399 g/mol. The lowest BCUT2D eigenvalue weighted by atomic mass is 10.1. The summed E-state index contributed by atoms with van der Waals surface area (Å²) in [6.07, 6.45) is 0.383. The van der Waals surface area contributed by atoms with Crippen LogP contribution in [-0.4, -0.2) is 41.6 Å². The van der Waals surface area contributed by atoms with Crippen LogP contribution in [0, 0.1) is 5.82 Å². The Kier molecular flexibility index (Phi) is 6.16. The maximum absolute atomic E-state index is 13.1. The minimum atomic E-state index is -0.759. The van der Waals surface area contributed by atoms with E-state index >= 15 is 0 Å². The van der Waals surface area contributed by atoms with Gasteiger partial charge in [-0.1, -0.05) is 18.2 Å². The molecule has 2 amide bonds. The van der Waals surface area contributed by atoms with E-state index in [9.17, 15) is 19.1 Å². The van der Waals surface area contributed by atoms with Crippen molar-refractivity contribution in [2.24, 2.45) is 0 Å². The number of aliphatic hydroxyl groups is 1. The molecule has 3 rings (SSSR count). The van der Waals surface area contributed by atoms with E-state index in [2.05, 4.69) is 0 Å². The van der Waals surface area contributed by atoms with Gasteiger partial charge in [0.15, 0.2) is 17.3 Å². The largest absolute Gasteiger partial charge is 0.502 e. The quantitative estimate of drug-likeness (QED) is 0.688. The van der Waals surface area contributed by atoms with Crippen LogP contribution in [0.1, 0.15) is 25.0 Å². The highest BCUT2D eigenvalue weighted by Crippen LogP contribution is 2.30. The number of hydrogen-bond donors (Lipinski definition) is 1. The zero-order chi connectivity index (χ0) is 21.0. The fourth-order valence-corrected chi connectivity index (χ4v) is 3.14. The van der Waals surface area contributed by atoms with Gasteiger partial charge < -0.3 is 14.6 Å².